The van der Waals surface area contributed by atoms with Crippen molar-refractivity contribution in [1.29, 1.82) is 0 Å². The molecule has 3 rings (SSSR count). The van der Waals surface area contributed by atoms with Crippen LogP contribution in [-0.2, 0) is 9.59 Å². The van der Waals surface area contributed by atoms with Gasteiger partial charge in [0.1, 0.15) is 0 Å². The van der Waals surface area contributed by atoms with Gasteiger partial charge < -0.3 is 10.6 Å². The molecule has 1 unspecified atom stereocenters. The number of amides is 2. The van der Waals surface area contributed by atoms with E-state index in [9.17, 15) is 9.59 Å². The Labute approximate surface area is 150 Å². The minimum atomic E-state index is -0.0519. The number of carbonyl (C=O) groups excluding carboxylic acids is 2. The van der Waals surface area contributed by atoms with E-state index in [1.54, 1.807) is 7.05 Å². The van der Waals surface area contributed by atoms with Crippen LogP contribution in [0.3, 0.4) is 0 Å². The lowest BCUT2D eigenvalue weighted by Crippen LogP contribution is -2.49. The van der Waals surface area contributed by atoms with Crippen LogP contribution in [0.1, 0.15) is 51.4 Å². The first-order valence-electron chi connectivity index (χ1n) is 9.72. The van der Waals surface area contributed by atoms with E-state index in [2.05, 4.69) is 20.5 Å². The average Bonchev–Trinajstić information content (AvgIpc) is 3.27. The fraction of sp³-hybridized carbons (Fsp3) is 0.833. The second-order valence-corrected chi connectivity index (χ2v) is 7.35. The molecule has 140 valence electrons. The van der Waals surface area contributed by atoms with Gasteiger partial charge in [-0.3, -0.25) is 24.4 Å². The molecule has 0 aromatic carbocycles. The number of nitrogens with one attached hydrogen (secondary N) is 2. The minimum Gasteiger partial charge on any atom is -0.355 e. The van der Waals surface area contributed by atoms with Gasteiger partial charge >= 0.3 is 0 Å². The number of nitrogens with zero attached hydrogens (tertiary/aromatic N) is 3. The van der Waals surface area contributed by atoms with Gasteiger partial charge in [-0.15, -0.1) is 0 Å². The molecule has 1 saturated carbocycles. The lowest BCUT2D eigenvalue weighted by Gasteiger charge is -2.26. The summed E-state index contributed by atoms with van der Waals surface area (Å²) in [5.41, 5.74) is 0. The first kappa shape index (κ1) is 18.2. The Morgan fingerprint density at radius 2 is 1.84 bits per heavy atom. The van der Waals surface area contributed by atoms with E-state index in [0.29, 0.717) is 38.4 Å². The Hall–Kier alpha value is -1.63. The van der Waals surface area contributed by atoms with Crippen molar-refractivity contribution < 1.29 is 9.59 Å². The van der Waals surface area contributed by atoms with Crippen LogP contribution in [0.15, 0.2) is 4.99 Å². The maximum atomic E-state index is 11.8. The summed E-state index contributed by atoms with van der Waals surface area (Å²) in [5, 5.41) is 6.73. The van der Waals surface area contributed by atoms with Crippen LogP contribution in [0.4, 0.5) is 0 Å². The molecule has 2 aliphatic heterocycles. The molecule has 0 aromatic heterocycles. The summed E-state index contributed by atoms with van der Waals surface area (Å²) in [6.45, 7) is 3.19. The van der Waals surface area contributed by atoms with Crippen molar-refractivity contribution in [3.63, 3.8) is 0 Å². The van der Waals surface area contributed by atoms with Crippen LogP contribution in [0, 0.1) is 0 Å². The second kappa shape index (κ2) is 8.65. The lowest BCUT2D eigenvalue weighted by atomic mass is 10.1. The van der Waals surface area contributed by atoms with Gasteiger partial charge in [0.05, 0.1) is 0 Å². The third-order valence-corrected chi connectivity index (χ3v) is 5.64. The van der Waals surface area contributed by atoms with Crippen molar-refractivity contribution in [3.05, 3.63) is 0 Å². The molecule has 3 aliphatic rings. The van der Waals surface area contributed by atoms with Gasteiger partial charge in [0, 0.05) is 58.2 Å². The van der Waals surface area contributed by atoms with Crippen molar-refractivity contribution in [2.24, 2.45) is 4.99 Å². The van der Waals surface area contributed by atoms with Crippen molar-refractivity contribution in [2.75, 3.05) is 33.2 Å². The molecule has 25 heavy (non-hydrogen) atoms. The Bertz CT molecular complexity index is 500. The average molecular weight is 349 g/mol. The smallest absolute Gasteiger partial charge is 0.229 e. The van der Waals surface area contributed by atoms with Crippen molar-refractivity contribution in [3.8, 4) is 0 Å². The van der Waals surface area contributed by atoms with Gasteiger partial charge in [-0.2, -0.15) is 0 Å². The number of hydrogen-bond donors (Lipinski definition) is 2. The van der Waals surface area contributed by atoms with Gasteiger partial charge in [-0.25, -0.2) is 0 Å². The molecule has 2 saturated heterocycles. The van der Waals surface area contributed by atoms with Crippen LogP contribution in [0.25, 0.3) is 0 Å². The molecule has 7 heteroatoms. The molecule has 2 heterocycles. The zero-order chi connectivity index (χ0) is 17.6. The Morgan fingerprint density at radius 1 is 1.12 bits per heavy atom. The summed E-state index contributed by atoms with van der Waals surface area (Å²) in [5.74, 6) is 0.656. The normalized spacial score (nSPS) is 26.5. The Balaban J connectivity index is 1.39. The SMILES string of the molecule is CN=C(NCCN1C(=O)CCCC1=O)NC1CCN(C2CCCC2)C1. The monoisotopic (exact) mass is 349 g/mol. The number of rotatable bonds is 5. The number of likely N-dealkylation sites (tertiary alicyclic amines) is 2. The molecule has 0 radical (unpaired) electrons. The van der Waals surface area contributed by atoms with Crippen LogP contribution in [-0.4, -0.2) is 72.9 Å². The van der Waals surface area contributed by atoms with E-state index < -0.39 is 0 Å². The van der Waals surface area contributed by atoms with Crippen LogP contribution < -0.4 is 10.6 Å². The van der Waals surface area contributed by atoms with Gasteiger partial charge in [0.25, 0.3) is 0 Å². The predicted molar refractivity (Wildman–Crippen MR) is 97.3 cm³/mol. The highest BCUT2D eigenvalue weighted by Gasteiger charge is 2.30. The zero-order valence-corrected chi connectivity index (χ0v) is 15.3. The number of guanidine groups is 1. The van der Waals surface area contributed by atoms with E-state index in [1.165, 1.54) is 30.6 Å². The molecule has 1 atom stereocenters. The first-order valence-corrected chi connectivity index (χ1v) is 9.72. The molecular weight excluding hydrogens is 318 g/mol. The number of aliphatic imine (C=N–C) groups is 1. The van der Waals surface area contributed by atoms with Gasteiger partial charge in [-0.05, 0) is 25.7 Å². The topological polar surface area (TPSA) is 77.0 Å². The third-order valence-electron chi connectivity index (χ3n) is 5.64. The van der Waals surface area contributed by atoms with E-state index in [0.717, 1.165) is 31.5 Å². The van der Waals surface area contributed by atoms with Gasteiger partial charge in [-0.1, -0.05) is 12.8 Å². The highest BCUT2D eigenvalue weighted by molar-refractivity contribution is 5.97. The molecule has 1 aliphatic carbocycles. The van der Waals surface area contributed by atoms with E-state index >= 15 is 0 Å². The quantitative estimate of drug-likeness (QED) is 0.434. The molecular formula is C18H31N5O2. The molecule has 0 spiro atoms. The summed E-state index contributed by atoms with van der Waals surface area (Å²) in [4.78, 5) is 31.9. The maximum Gasteiger partial charge on any atom is 0.229 e. The highest BCUT2D eigenvalue weighted by atomic mass is 16.2. The van der Waals surface area contributed by atoms with Crippen molar-refractivity contribution in [2.45, 2.75) is 63.5 Å². The maximum absolute atomic E-state index is 11.8. The lowest BCUT2D eigenvalue weighted by molar-refractivity contribution is -0.147. The van der Waals surface area contributed by atoms with Crippen LogP contribution >= 0.6 is 0 Å². The van der Waals surface area contributed by atoms with Gasteiger partial charge in [0.15, 0.2) is 5.96 Å². The first-order chi connectivity index (χ1) is 12.2. The molecule has 3 fully saturated rings. The number of piperidine rings is 1. The summed E-state index contributed by atoms with van der Waals surface area (Å²) in [7, 11) is 1.76. The summed E-state index contributed by atoms with van der Waals surface area (Å²) in [6.07, 6.45) is 8.22. The van der Waals surface area contributed by atoms with Crippen LogP contribution in [0.5, 0.6) is 0 Å². The Kier molecular flexibility index (Phi) is 6.29. The second-order valence-electron chi connectivity index (χ2n) is 7.35. The van der Waals surface area contributed by atoms with Gasteiger partial charge in [0.2, 0.25) is 11.8 Å². The van der Waals surface area contributed by atoms with E-state index in [4.69, 9.17) is 0 Å². The van der Waals surface area contributed by atoms with E-state index in [1.807, 2.05) is 0 Å². The molecule has 7 nitrogen and oxygen atoms in total. The van der Waals surface area contributed by atoms with Crippen molar-refractivity contribution >= 4 is 17.8 Å². The number of carbonyl (C=O) groups is 2. The highest BCUT2D eigenvalue weighted by Crippen LogP contribution is 2.26. The largest absolute Gasteiger partial charge is 0.355 e. The summed E-state index contributed by atoms with van der Waals surface area (Å²) >= 11 is 0. The predicted octanol–water partition coefficient (Wildman–Crippen LogP) is 0.707. The van der Waals surface area contributed by atoms with Crippen molar-refractivity contribution in [1.82, 2.24) is 20.4 Å². The third kappa shape index (κ3) is 4.71. The summed E-state index contributed by atoms with van der Waals surface area (Å²) in [6, 6.07) is 1.20. The molecule has 2 N–H and O–H groups in total. The molecule has 0 aromatic rings. The number of imide groups is 1. The fourth-order valence-electron chi connectivity index (χ4n) is 4.23. The Morgan fingerprint density at radius 3 is 2.52 bits per heavy atom. The number of hydrogen-bond acceptors (Lipinski definition) is 4. The minimum absolute atomic E-state index is 0.0519. The molecule has 0 bridgehead atoms. The van der Waals surface area contributed by atoms with E-state index in [-0.39, 0.29) is 11.8 Å². The fourth-order valence-corrected chi connectivity index (χ4v) is 4.23. The van der Waals surface area contributed by atoms with Crippen LogP contribution in [0.2, 0.25) is 0 Å². The summed E-state index contributed by atoms with van der Waals surface area (Å²) < 4.78 is 0. The molecule has 2 amide bonds. The standard InChI is InChI=1S/C18H31N5O2/c1-19-18(20-10-12-23-16(24)7-4-8-17(23)25)21-14-9-11-22(13-14)15-5-2-3-6-15/h14-15H,2-13H2,1H3,(H2,19,20,21). The zero-order valence-electron chi connectivity index (χ0n) is 15.3.